The topological polar surface area (TPSA) is 87.5 Å². The van der Waals surface area contributed by atoms with E-state index in [0.29, 0.717) is 12.5 Å². The number of benzene rings is 2. The Hall–Kier alpha value is -2.78. The zero-order chi connectivity index (χ0) is 21.3. The monoisotopic (exact) mass is 485 g/mol. The Labute approximate surface area is 184 Å². The highest BCUT2D eigenvalue weighted by Gasteiger charge is 2.26. The molecule has 1 aromatic heterocycles. The van der Waals surface area contributed by atoms with Gasteiger partial charge in [0, 0.05) is 28.1 Å². The summed E-state index contributed by atoms with van der Waals surface area (Å²) in [6.07, 6.45) is 0.795. The van der Waals surface area contributed by atoms with Crippen LogP contribution in [0, 0.1) is 13.8 Å². The van der Waals surface area contributed by atoms with E-state index in [1.165, 1.54) is 12.1 Å². The molecule has 1 aliphatic rings. The molecule has 0 amide bonds. The molecule has 0 aliphatic carbocycles. The minimum Gasteiger partial charge on any atom is -0.311 e. The van der Waals surface area contributed by atoms with Crippen molar-refractivity contribution in [1.82, 2.24) is 9.97 Å². The molecule has 154 valence electrons. The minimum atomic E-state index is -3.95. The van der Waals surface area contributed by atoms with Crippen molar-refractivity contribution in [3.63, 3.8) is 0 Å². The van der Waals surface area contributed by atoms with E-state index in [0.717, 1.165) is 33.5 Å². The van der Waals surface area contributed by atoms with E-state index >= 15 is 0 Å². The Kier molecular flexibility index (Phi) is 5.57. The number of fused-ring (bicyclic) bond motifs is 1. The normalized spacial score (nSPS) is 14.0. The number of aryl methyl sites for hydroxylation is 2. The third-order valence-electron chi connectivity index (χ3n) is 4.67. The Balaban J connectivity index is 1.79. The largest absolute Gasteiger partial charge is 0.311 e. The van der Waals surface area contributed by atoms with Crippen molar-refractivity contribution in [3.05, 3.63) is 76.0 Å². The van der Waals surface area contributed by atoms with Gasteiger partial charge in [-0.25, -0.2) is 9.97 Å². The quantitative estimate of drug-likeness (QED) is 0.444. The van der Waals surface area contributed by atoms with Crippen LogP contribution in [0.4, 0.5) is 11.6 Å². The van der Waals surface area contributed by atoms with E-state index in [1.54, 1.807) is 12.1 Å². The van der Waals surface area contributed by atoms with Crippen molar-refractivity contribution < 1.29 is 8.42 Å². The number of guanidine groups is 1. The second-order valence-electron chi connectivity index (χ2n) is 6.97. The summed E-state index contributed by atoms with van der Waals surface area (Å²) in [5.41, 5.74) is 3.61. The molecule has 0 atom stereocenters. The molecule has 1 N–H and O–H groups in total. The molecule has 9 heteroatoms. The summed E-state index contributed by atoms with van der Waals surface area (Å²) in [7, 11) is -3.95. The third-order valence-corrected chi connectivity index (χ3v) is 6.48. The van der Waals surface area contributed by atoms with Crippen LogP contribution in [0.2, 0.25) is 0 Å². The number of hydrogen-bond donors (Lipinski definition) is 1. The predicted octanol–water partition coefficient (Wildman–Crippen LogP) is 4.08. The average molecular weight is 486 g/mol. The summed E-state index contributed by atoms with van der Waals surface area (Å²) in [5.74, 6) is 0.481. The van der Waals surface area contributed by atoms with Gasteiger partial charge in [0.15, 0.2) is 0 Å². The van der Waals surface area contributed by atoms with E-state index in [2.05, 4.69) is 35.6 Å². The molecule has 7 nitrogen and oxygen atoms in total. The van der Waals surface area contributed by atoms with Gasteiger partial charge in [0.05, 0.1) is 4.90 Å². The van der Waals surface area contributed by atoms with Crippen LogP contribution < -0.4 is 10.2 Å². The second kappa shape index (κ2) is 8.16. The second-order valence-corrected chi connectivity index (χ2v) is 9.49. The lowest BCUT2D eigenvalue weighted by Crippen LogP contribution is -2.36. The predicted molar refractivity (Wildman–Crippen MR) is 121 cm³/mol. The maximum Gasteiger partial charge on any atom is 0.285 e. The zero-order valence-electron chi connectivity index (χ0n) is 16.5. The maximum atomic E-state index is 13.0. The zero-order valence-corrected chi connectivity index (χ0v) is 18.9. The summed E-state index contributed by atoms with van der Waals surface area (Å²) in [5, 5.41) is 3.05. The van der Waals surface area contributed by atoms with Gasteiger partial charge in [0.25, 0.3) is 10.0 Å². The smallest absolute Gasteiger partial charge is 0.285 e. The number of para-hydroxylation sites is 1. The Morgan fingerprint density at radius 3 is 2.43 bits per heavy atom. The molecule has 30 heavy (non-hydrogen) atoms. The number of nitrogens with zero attached hydrogens (tertiary/aromatic N) is 4. The summed E-state index contributed by atoms with van der Waals surface area (Å²) >= 11 is 3.32. The van der Waals surface area contributed by atoms with Gasteiger partial charge in [0.1, 0.15) is 0 Å². The van der Waals surface area contributed by atoms with Crippen LogP contribution in [0.3, 0.4) is 0 Å². The van der Waals surface area contributed by atoms with Crippen LogP contribution in [-0.2, 0) is 16.4 Å². The number of hydrogen-bond acceptors (Lipinski definition) is 4. The van der Waals surface area contributed by atoms with Crippen molar-refractivity contribution in [2.45, 2.75) is 25.2 Å². The van der Waals surface area contributed by atoms with Crippen LogP contribution in [0.5, 0.6) is 0 Å². The molecule has 3 aromatic rings. The van der Waals surface area contributed by atoms with Gasteiger partial charge >= 0.3 is 0 Å². The molecule has 0 radical (unpaired) electrons. The number of aromatic nitrogens is 2. The fraction of sp³-hybridized carbons (Fsp3) is 0.190. The van der Waals surface area contributed by atoms with E-state index in [1.807, 2.05) is 49.1 Å². The van der Waals surface area contributed by atoms with Gasteiger partial charge in [-0.1, -0.05) is 34.1 Å². The number of rotatable bonds is 3. The first-order valence-corrected chi connectivity index (χ1v) is 11.6. The molecule has 0 bridgehead atoms. The maximum absolute atomic E-state index is 13.0. The van der Waals surface area contributed by atoms with E-state index in [-0.39, 0.29) is 10.9 Å². The van der Waals surface area contributed by atoms with Crippen LogP contribution in [-0.4, -0.2) is 30.9 Å². The molecule has 0 unspecified atom stereocenters. The molecule has 4 rings (SSSR count). The third kappa shape index (κ3) is 4.36. The summed E-state index contributed by atoms with van der Waals surface area (Å²) in [6.45, 7) is 4.33. The van der Waals surface area contributed by atoms with E-state index in [4.69, 9.17) is 0 Å². The number of anilines is 2. The van der Waals surface area contributed by atoms with Gasteiger partial charge < -0.3 is 4.90 Å². The number of sulfonamides is 1. The first-order chi connectivity index (χ1) is 14.3. The van der Waals surface area contributed by atoms with Crippen molar-refractivity contribution in [1.29, 1.82) is 0 Å². The molecule has 1 aliphatic heterocycles. The fourth-order valence-corrected chi connectivity index (χ4v) is 4.57. The lowest BCUT2D eigenvalue weighted by Gasteiger charge is -2.22. The first kappa shape index (κ1) is 20.5. The summed E-state index contributed by atoms with van der Waals surface area (Å²) in [4.78, 5) is 10.7. The fourth-order valence-electron chi connectivity index (χ4n) is 3.35. The van der Waals surface area contributed by atoms with Crippen molar-refractivity contribution in [2.75, 3.05) is 16.8 Å². The van der Waals surface area contributed by atoms with Crippen molar-refractivity contribution in [2.24, 2.45) is 4.40 Å². The minimum absolute atomic E-state index is 0.110. The standard InChI is InChI=1S/C21H20BrN5O2S/c1-14-13-15(2)24-20(23-14)25-21(27-12-11-16-5-3-4-6-19(16)27)26-30(28,29)18-9-7-17(22)8-10-18/h3-10,13H,11-12H2,1-2H3,(H,23,24,25,26). The lowest BCUT2D eigenvalue weighted by atomic mass is 10.2. The number of halogens is 1. The highest BCUT2D eigenvalue weighted by atomic mass is 79.9. The molecule has 0 fully saturated rings. The highest BCUT2D eigenvalue weighted by molar-refractivity contribution is 9.10. The highest BCUT2D eigenvalue weighted by Crippen LogP contribution is 2.28. The van der Waals surface area contributed by atoms with Gasteiger partial charge in [-0.15, -0.1) is 4.40 Å². The van der Waals surface area contributed by atoms with Crippen LogP contribution in [0.25, 0.3) is 0 Å². The first-order valence-electron chi connectivity index (χ1n) is 9.37. The molecule has 2 aromatic carbocycles. The van der Waals surface area contributed by atoms with Crippen molar-refractivity contribution >= 4 is 43.5 Å². The van der Waals surface area contributed by atoms with E-state index < -0.39 is 10.0 Å². The average Bonchev–Trinajstić information content (AvgIpc) is 3.11. The van der Waals surface area contributed by atoms with Gasteiger partial charge in [-0.3, -0.25) is 5.32 Å². The van der Waals surface area contributed by atoms with Gasteiger partial charge in [-0.2, -0.15) is 8.42 Å². The van der Waals surface area contributed by atoms with E-state index in [9.17, 15) is 8.42 Å². The Morgan fingerprint density at radius 2 is 1.73 bits per heavy atom. The molecule has 0 saturated heterocycles. The number of nitrogens with one attached hydrogen (secondary N) is 1. The molecule has 0 spiro atoms. The molecule has 0 saturated carbocycles. The summed E-state index contributed by atoms with van der Waals surface area (Å²) in [6, 6.07) is 16.1. The van der Waals surface area contributed by atoms with Crippen LogP contribution >= 0.6 is 15.9 Å². The van der Waals surface area contributed by atoms with Crippen LogP contribution in [0.1, 0.15) is 17.0 Å². The Morgan fingerprint density at radius 1 is 1.07 bits per heavy atom. The van der Waals surface area contributed by atoms with Gasteiger partial charge in [-0.05, 0) is 62.2 Å². The van der Waals surface area contributed by atoms with Crippen molar-refractivity contribution in [3.8, 4) is 0 Å². The Bertz CT molecular complexity index is 1210. The molecule has 2 heterocycles. The van der Waals surface area contributed by atoms with Crippen LogP contribution in [0.15, 0.2) is 68.4 Å². The summed E-state index contributed by atoms with van der Waals surface area (Å²) < 4.78 is 31.0. The lowest BCUT2D eigenvalue weighted by molar-refractivity contribution is 0.598. The van der Waals surface area contributed by atoms with Gasteiger partial charge in [0.2, 0.25) is 11.9 Å². The molecular weight excluding hydrogens is 466 g/mol. The SMILES string of the molecule is Cc1cc(C)nc(N/C(=N\S(=O)(=O)c2ccc(Br)cc2)N2CCc3ccccc32)n1. The molecular formula is C21H20BrN5O2S.